The minimum absolute atomic E-state index is 0.416. The van der Waals surface area contributed by atoms with Crippen LogP contribution in [0.4, 0.5) is 0 Å². The minimum Gasteiger partial charge on any atom is -0.314 e. The third-order valence-corrected chi connectivity index (χ3v) is 5.35. The van der Waals surface area contributed by atoms with Gasteiger partial charge in [0.2, 0.25) is 0 Å². The van der Waals surface area contributed by atoms with Gasteiger partial charge in [-0.15, -0.1) is 0 Å². The molecule has 1 spiro atoms. The SMILES string of the molecule is Cc1ccc(C2(CNC(C)C)CC3(CC3)C2)cc1C. The van der Waals surface area contributed by atoms with E-state index in [2.05, 4.69) is 51.2 Å². The first-order valence-corrected chi connectivity index (χ1v) is 7.76. The van der Waals surface area contributed by atoms with Gasteiger partial charge in [-0.25, -0.2) is 0 Å². The molecule has 1 N–H and O–H groups in total. The van der Waals surface area contributed by atoms with Crippen LogP contribution in [0.1, 0.15) is 56.2 Å². The van der Waals surface area contributed by atoms with Gasteiger partial charge in [0, 0.05) is 18.0 Å². The highest BCUT2D eigenvalue weighted by Crippen LogP contribution is 2.68. The average Bonchev–Trinajstić information content (AvgIpc) is 3.08. The van der Waals surface area contributed by atoms with E-state index in [0.717, 1.165) is 12.0 Å². The van der Waals surface area contributed by atoms with Crippen molar-refractivity contribution in [3.63, 3.8) is 0 Å². The number of nitrogens with one attached hydrogen (secondary N) is 1. The third kappa shape index (κ3) is 2.33. The van der Waals surface area contributed by atoms with Crippen LogP contribution in [0.5, 0.6) is 0 Å². The maximum absolute atomic E-state index is 3.69. The molecular formula is C18H27N. The van der Waals surface area contributed by atoms with Crippen molar-refractivity contribution >= 4 is 0 Å². The van der Waals surface area contributed by atoms with E-state index in [1.54, 1.807) is 5.56 Å². The summed E-state index contributed by atoms with van der Waals surface area (Å²) in [6.45, 7) is 10.1. The third-order valence-electron chi connectivity index (χ3n) is 5.35. The first kappa shape index (κ1) is 13.2. The lowest BCUT2D eigenvalue weighted by molar-refractivity contribution is 0.114. The molecule has 0 amide bonds. The van der Waals surface area contributed by atoms with E-state index in [1.165, 1.54) is 36.8 Å². The van der Waals surface area contributed by atoms with Crippen molar-refractivity contribution in [2.75, 3.05) is 6.54 Å². The monoisotopic (exact) mass is 257 g/mol. The zero-order valence-corrected chi connectivity index (χ0v) is 12.8. The van der Waals surface area contributed by atoms with Crippen LogP contribution in [0.25, 0.3) is 0 Å². The zero-order valence-electron chi connectivity index (χ0n) is 12.8. The Labute approximate surface area is 117 Å². The fourth-order valence-corrected chi connectivity index (χ4v) is 3.82. The molecule has 19 heavy (non-hydrogen) atoms. The summed E-state index contributed by atoms with van der Waals surface area (Å²) in [5, 5.41) is 3.69. The summed E-state index contributed by atoms with van der Waals surface area (Å²) in [4.78, 5) is 0. The second-order valence-corrected chi connectivity index (χ2v) is 7.47. The smallest absolute Gasteiger partial charge is 0.00885 e. The Hall–Kier alpha value is -0.820. The highest BCUT2D eigenvalue weighted by atomic mass is 14.9. The lowest BCUT2D eigenvalue weighted by Gasteiger charge is -2.50. The van der Waals surface area contributed by atoms with Crippen molar-refractivity contribution in [3.05, 3.63) is 34.9 Å². The summed E-state index contributed by atoms with van der Waals surface area (Å²) in [7, 11) is 0. The maximum atomic E-state index is 3.69. The molecule has 0 unspecified atom stereocenters. The van der Waals surface area contributed by atoms with Crippen LogP contribution in [0.15, 0.2) is 18.2 Å². The standard InChI is InChI=1S/C18H27N/c1-13(2)19-12-18(10-17(11-18)7-8-17)16-6-5-14(3)15(4)9-16/h5-6,9,13,19H,7-8,10-12H2,1-4H3. The molecule has 1 aromatic rings. The quantitative estimate of drug-likeness (QED) is 0.856. The van der Waals surface area contributed by atoms with Crippen LogP contribution in [0, 0.1) is 19.3 Å². The molecule has 2 aliphatic rings. The Balaban J connectivity index is 1.84. The number of aryl methyl sites for hydroxylation is 2. The van der Waals surface area contributed by atoms with Gasteiger partial charge in [-0.05, 0) is 61.6 Å². The van der Waals surface area contributed by atoms with E-state index < -0.39 is 0 Å². The molecule has 0 aliphatic heterocycles. The minimum atomic E-state index is 0.416. The van der Waals surface area contributed by atoms with E-state index in [4.69, 9.17) is 0 Å². The van der Waals surface area contributed by atoms with Gasteiger partial charge in [0.15, 0.2) is 0 Å². The largest absolute Gasteiger partial charge is 0.314 e. The molecule has 1 nitrogen and oxygen atoms in total. The molecule has 104 valence electrons. The van der Waals surface area contributed by atoms with Crippen molar-refractivity contribution in [2.24, 2.45) is 5.41 Å². The second kappa shape index (κ2) is 4.34. The number of benzene rings is 1. The fourth-order valence-electron chi connectivity index (χ4n) is 3.82. The van der Waals surface area contributed by atoms with E-state index in [0.29, 0.717) is 11.5 Å². The van der Waals surface area contributed by atoms with Crippen LogP contribution in [0.2, 0.25) is 0 Å². The highest BCUT2D eigenvalue weighted by Gasteiger charge is 2.60. The average molecular weight is 257 g/mol. The molecule has 0 atom stereocenters. The summed E-state index contributed by atoms with van der Waals surface area (Å²) in [6, 6.07) is 7.70. The van der Waals surface area contributed by atoms with E-state index in [1.807, 2.05) is 0 Å². The lowest BCUT2D eigenvalue weighted by atomic mass is 9.56. The molecule has 2 aliphatic carbocycles. The molecule has 2 saturated carbocycles. The predicted molar refractivity (Wildman–Crippen MR) is 81.6 cm³/mol. The molecule has 3 rings (SSSR count). The molecule has 0 radical (unpaired) electrons. The van der Waals surface area contributed by atoms with Crippen molar-refractivity contribution in [1.29, 1.82) is 0 Å². The zero-order chi connectivity index (χ0) is 13.7. The van der Waals surface area contributed by atoms with Gasteiger partial charge in [0.25, 0.3) is 0 Å². The van der Waals surface area contributed by atoms with Crippen LogP contribution < -0.4 is 5.32 Å². The van der Waals surface area contributed by atoms with Crippen molar-refractivity contribution < 1.29 is 0 Å². The van der Waals surface area contributed by atoms with E-state index >= 15 is 0 Å². The molecule has 0 aromatic heterocycles. The maximum Gasteiger partial charge on any atom is 0.00885 e. The summed E-state index contributed by atoms with van der Waals surface area (Å²) in [6.07, 6.45) is 5.76. The summed E-state index contributed by atoms with van der Waals surface area (Å²) >= 11 is 0. The Morgan fingerprint density at radius 1 is 1.11 bits per heavy atom. The predicted octanol–water partition coefficient (Wildman–Crippen LogP) is 4.11. The summed E-state index contributed by atoms with van der Waals surface area (Å²) < 4.78 is 0. The first-order chi connectivity index (χ1) is 8.95. The van der Waals surface area contributed by atoms with Gasteiger partial charge in [-0.1, -0.05) is 32.0 Å². The Morgan fingerprint density at radius 2 is 1.79 bits per heavy atom. The van der Waals surface area contributed by atoms with E-state index in [-0.39, 0.29) is 0 Å². The molecule has 0 saturated heterocycles. The molecule has 0 heterocycles. The van der Waals surface area contributed by atoms with Gasteiger partial charge >= 0.3 is 0 Å². The van der Waals surface area contributed by atoms with Gasteiger partial charge in [-0.2, -0.15) is 0 Å². The first-order valence-electron chi connectivity index (χ1n) is 7.76. The molecule has 1 aromatic carbocycles. The van der Waals surface area contributed by atoms with Gasteiger partial charge in [0.1, 0.15) is 0 Å². The number of rotatable bonds is 4. The number of hydrogen-bond acceptors (Lipinski definition) is 1. The highest BCUT2D eigenvalue weighted by molar-refractivity contribution is 5.39. The second-order valence-electron chi connectivity index (χ2n) is 7.47. The van der Waals surface area contributed by atoms with Crippen LogP contribution in [-0.4, -0.2) is 12.6 Å². The van der Waals surface area contributed by atoms with Crippen LogP contribution in [-0.2, 0) is 5.41 Å². The van der Waals surface area contributed by atoms with Crippen molar-refractivity contribution in [3.8, 4) is 0 Å². The topological polar surface area (TPSA) is 12.0 Å². The van der Waals surface area contributed by atoms with Crippen LogP contribution in [0.3, 0.4) is 0 Å². The molecule has 0 bridgehead atoms. The lowest BCUT2D eigenvalue weighted by Crippen LogP contribution is -2.50. The van der Waals surface area contributed by atoms with Crippen LogP contribution >= 0.6 is 0 Å². The van der Waals surface area contributed by atoms with Gasteiger partial charge in [0.05, 0.1) is 0 Å². The Bertz CT molecular complexity index is 474. The normalized spacial score (nSPS) is 22.6. The van der Waals surface area contributed by atoms with Crippen molar-refractivity contribution in [2.45, 2.75) is 64.8 Å². The number of hydrogen-bond donors (Lipinski definition) is 1. The Morgan fingerprint density at radius 3 is 2.32 bits per heavy atom. The fraction of sp³-hybridized carbons (Fsp3) is 0.667. The van der Waals surface area contributed by atoms with Gasteiger partial charge in [-0.3, -0.25) is 0 Å². The van der Waals surface area contributed by atoms with Gasteiger partial charge < -0.3 is 5.32 Å². The Kier molecular flexibility index (Phi) is 3.01. The molecule has 2 fully saturated rings. The summed E-state index contributed by atoms with van der Waals surface area (Å²) in [5.41, 5.74) is 5.59. The molecular weight excluding hydrogens is 230 g/mol. The van der Waals surface area contributed by atoms with E-state index in [9.17, 15) is 0 Å². The van der Waals surface area contributed by atoms with Crippen molar-refractivity contribution in [1.82, 2.24) is 5.32 Å². The molecule has 1 heteroatoms. The summed E-state index contributed by atoms with van der Waals surface area (Å²) in [5.74, 6) is 0.